The Morgan fingerprint density at radius 2 is 1.90 bits per heavy atom. The second-order valence-electron chi connectivity index (χ2n) is 3.74. The lowest BCUT2D eigenvalue weighted by Gasteiger charge is -2.02. The molecule has 2 rings (SSSR count). The Balaban J connectivity index is 2.46. The Bertz CT molecular complexity index is 790. The molecule has 1 heterocycles. The number of nitro groups is 2. The van der Waals surface area contributed by atoms with Crippen molar-refractivity contribution in [1.29, 1.82) is 0 Å². The van der Waals surface area contributed by atoms with E-state index in [0.29, 0.717) is 0 Å². The molecule has 11 heteroatoms. The van der Waals surface area contributed by atoms with Gasteiger partial charge < -0.3 is 10.7 Å². The van der Waals surface area contributed by atoms with Crippen LogP contribution < -0.4 is 11.3 Å². The molecule has 0 atom stereocenters. The zero-order chi connectivity index (χ0) is 15.6. The number of aromatic amines is 1. The van der Waals surface area contributed by atoms with Crippen molar-refractivity contribution in [2.24, 2.45) is 0 Å². The number of nitrogens with zero attached hydrogens (tertiary/aromatic N) is 3. The summed E-state index contributed by atoms with van der Waals surface area (Å²) < 4.78 is 0. The predicted molar refractivity (Wildman–Crippen MR) is 73.1 cm³/mol. The van der Waals surface area contributed by atoms with Gasteiger partial charge in [0.25, 0.3) is 16.9 Å². The molecule has 0 saturated carbocycles. The molecule has 10 nitrogen and oxygen atoms in total. The number of hydrogen-bond acceptors (Lipinski definition) is 8. The summed E-state index contributed by atoms with van der Waals surface area (Å²) in [5, 5.41) is 21.7. The summed E-state index contributed by atoms with van der Waals surface area (Å²) in [5.74, 6) is -0.0363. The molecule has 0 spiro atoms. The molecule has 108 valence electrons. The molecule has 3 N–H and O–H groups in total. The smallest absolute Gasteiger partial charge is 0.290 e. The zero-order valence-electron chi connectivity index (χ0n) is 10.2. The van der Waals surface area contributed by atoms with E-state index >= 15 is 0 Å². The second kappa shape index (κ2) is 5.58. The van der Waals surface area contributed by atoms with Crippen LogP contribution in [0, 0.1) is 20.2 Å². The molecule has 0 aliphatic rings. The van der Waals surface area contributed by atoms with Crippen LogP contribution in [0.25, 0.3) is 0 Å². The van der Waals surface area contributed by atoms with Gasteiger partial charge in [0.05, 0.1) is 20.8 Å². The highest BCUT2D eigenvalue weighted by molar-refractivity contribution is 7.99. The molecule has 0 amide bonds. The Morgan fingerprint density at radius 3 is 2.48 bits per heavy atom. The number of nitro benzene ring substituents is 2. The molecule has 1 aromatic carbocycles. The fraction of sp³-hybridized carbons (Fsp3) is 0. The van der Waals surface area contributed by atoms with E-state index in [1.165, 1.54) is 6.07 Å². The monoisotopic (exact) mass is 309 g/mol. The van der Waals surface area contributed by atoms with Gasteiger partial charge in [0.15, 0.2) is 5.16 Å². The van der Waals surface area contributed by atoms with Crippen LogP contribution in [-0.2, 0) is 0 Å². The van der Waals surface area contributed by atoms with Crippen LogP contribution in [0.5, 0.6) is 0 Å². The van der Waals surface area contributed by atoms with E-state index in [0.717, 1.165) is 30.0 Å². The van der Waals surface area contributed by atoms with Gasteiger partial charge in [-0.2, -0.15) is 0 Å². The Morgan fingerprint density at radius 1 is 1.19 bits per heavy atom. The van der Waals surface area contributed by atoms with Crippen molar-refractivity contribution in [1.82, 2.24) is 9.97 Å². The lowest BCUT2D eigenvalue weighted by Crippen LogP contribution is -2.09. The lowest BCUT2D eigenvalue weighted by molar-refractivity contribution is -0.396. The number of H-pyrrole nitrogens is 1. The van der Waals surface area contributed by atoms with Crippen LogP contribution in [0.15, 0.2) is 39.1 Å². The highest BCUT2D eigenvalue weighted by Gasteiger charge is 2.20. The lowest BCUT2D eigenvalue weighted by atomic mass is 10.3. The zero-order valence-corrected chi connectivity index (χ0v) is 11.0. The molecule has 0 bridgehead atoms. The first-order valence-electron chi connectivity index (χ1n) is 5.34. The van der Waals surface area contributed by atoms with Gasteiger partial charge in [-0.15, -0.1) is 0 Å². The van der Waals surface area contributed by atoms with Crippen LogP contribution in [0.2, 0.25) is 0 Å². The summed E-state index contributed by atoms with van der Waals surface area (Å²) in [6.07, 6.45) is 0. The standard InChI is InChI=1S/C10H7N5O5S/c11-8-4-9(16)13-10(12-8)21-7-2-1-5(14(17)18)3-6(7)15(19)20/h1-4H,(H3,11,12,13,16). The first kappa shape index (κ1) is 14.5. The number of rotatable bonds is 4. The van der Waals surface area contributed by atoms with Gasteiger partial charge in [0.2, 0.25) is 0 Å². The highest BCUT2D eigenvalue weighted by Crippen LogP contribution is 2.35. The van der Waals surface area contributed by atoms with E-state index in [4.69, 9.17) is 5.73 Å². The average molecular weight is 309 g/mol. The van der Waals surface area contributed by atoms with Gasteiger partial charge in [-0.05, 0) is 17.8 Å². The van der Waals surface area contributed by atoms with Crippen LogP contribution in [0.4, 0.5) is 17.2 Å². The number of nitrogens with two attached hydrogens (primary N) is 1. The minimum Gasteiger partial charge on any atom is -0.383 e. The summed E-state index contributed by atoms with van der Waals surface area (Å²) in [6, 6.07) is 4.24. The average Bonchev–Trinajstić information content (AvgIpc) is 2.37. The van der Waals surface area contributed by atoms with Crippen molar-refractivity contribution in [2.45, 2.75) is 10.1 Å². The Kier molecular flexibility index (Phi) is 3.84. The van der Waals surface area contributed by atoms with Gasteiger partial charge in [-0.25, -0.2) is 4.98 Å². The van der Waals surface area contributed by atoms with Crippen molar-refractivity contribution < 1.29 is 9.85 Å². The van der Waals surface area contributed by atoms with Crippen LogP contribution in [0.1, 0.15) is 0 Å². The SMILES string of the molecule is Nc1cc(=O)[nH]c(Sc2ccc([N+](=O)[O-])cc2[N+](=O)[O-])n1. The molecule has 2 aromatic rings. The largest absolute Gasteiger partial charge is 0.383 e. The van der Waals surface area contributed by atoms with E-state index in [1.807, 2.05) is 0 Å². The molecule has 1 aromatic heterocycles. The van der Waals surface area contributed by atoms with Gasteiger partial charge in [-0.1, -0.05) is 0 Å². The predicted octanol–water partition coefficient (Wildman–Crippen LogP) is 1.32. The van der Waals surface area contributed by atoms with Gasteiger partial charge in [0.1, 0.15) is 5.82 Å². The van der Waals surface area contributed by atoms with E-state index in [9.17, 15) is 25.0 Å². The van der Waals surface area contributed by atoms with Gasteiger partial charge >= 0.3 is 0 Å². The molecule has 0 radical (unpaired) electrons. The molecular formula is C10H7N5O5S. The maximum atomic E-state index is 11.3. The minimum absolute atomic E-state index is 0.0363. The first-order valence-corrected chi connectivity index (χ1v) is 6.16. The third-order valence-corrected chi connectivity index (χ3v) is 3.25. The number of hydrogen-bond donors (Lipinski definition) is 2. The molecule has 0 unspecified atom stereocenters. The summed E-state index contributed by atoms with van der Waals surface area (Å²) in [6.45, 7) is 0. The van der Waals surface area contributed by atoms with Crippen molar-refractivity contribution in [3.63, 3.8) is 0 Å². The summed E-state index contributed by atoms with van der Waals surface area (Å²) in [4.78, 5) is 37.6. The Hall–Kier alpha value is -2.95. The molecule has 0 fully saturated rings. The third kappa shape index (κ3) is 3.33. The number of nitrogens with one attached hydrogen (secondary N) is 1. The van der Waals surface area contributed by atoms with E-state index in [2.05, 4.69) is 9.97 Å². The second-order valence-corrected chi connectivity index (χ2v) is 4.77. The third-order valence-electron chi connectivity index (χ3n) is 2.30. The Labute approximate surface area is 120 Å². The van der Waals surface area contributed by atoms with E-state index in [-0.39, 0.29) is 15.9 Å². The molecule has 21 heavy (non-hydrogen) atoms. The number of nitrogen functional groups attached to an aromatic ring is 1. The fourth-order valence-corrected chi connectivity index (χ4v) is 2.34. The summed E-state index contributed by atoms with van der Waals surface area (Å²) in [7, 11) is 0. The van der Waals surface area contributed by atoms with Crippen LogP contribution >= 0.6 is 11.8 Å². The topological polar surface area (TPSA) is 158 Å². The van der Waals surface area contributed by atoms with Gasteiger partial charge in [-0.3, -0.25) is 25.0 Å². The normalized spacial score (nSPS) is 10.3. The van der Waals surface area contributed by atoms with Crippen LogP contribution in [-0.4, -0.2) is 19.8 Å². The van der Waals surface area contributed by atoms with Crippen molar-refractivity contribution in [3.05, 3.63) is 54.8 Å². The van der Waals surface area contributed by atoms with E-state index < -0.39 is 26.8 Å². The quantitative estimate of drug-likeness (QED) is 0.486. The number of benzene rings is 1. The number of anilines is 1. The molecule has 0 saturated heterocycles. The first-order chi connectivity index (χ1) is 9.86. The molecular weight excluding hydrogens is 302 g/mol. The number of non-ortho nitro benzene ring substituents is 1. The summed E-state index contributed by atoms with van der Waals surface area (Å²) >= 11 is 0.780. The fourth-order valence-electron chi connectivity index (χ4n) is 1.45. The highest BCUT2D eigenvalue weighted by atomic mass is 32.2. The summed E-state index contributed by atoms with van der Waals surface area (Å²) in [5.41, 5.74) is 4.04. The van der Waals surface area contributed by atoms with Crippen molar-refractivity contribution >= 4 is 29.0 Å². The minimum atomic E-state index is -0.750. The molecule has 0 aliphatic carbocycles. The maximum Gasteiger partial charge on any atom is 0.290 e. The maximum absolute atomic E-state index is 11.3. The van der Waals surface area contributed by atoms with Crippen LogP contribution in [0.3, 0.4) is 0 Å². The van der Waals surface area contributed by atoms with Crippen molar-refractivity contribution in [3.8, 4) is 0 Å². The van der Waals surface area contributed by atoms with Gasteiger partial charge in [0, 0.05) is 12.1 Å². The van der Waals surface area contributed by atoms with E-state index in [1.54, 1.807) is 0 Å². The van der Waals surface area contributed by atoms with Crippen molar-refractivity contribution in [2.75, 3.05) is 5.73 Å². The number of aromatic nitrogens is 2. The molecule has 0 aliphatic heterocycles.